The van der Waals surface area contributed by atoms with Gasteiger partial charge in [-0.25, -0.2) is 0 Å². The molecule has 0 bridgehead atoms. The highest BCUT2D eigenvalue weighted by Crippen LogP contribution is 2.39. The van der Waals surface area contributed by atoms with Gasteiger partial charge < -0.3 is 9.05 Å². The van der Waals surface area contributed by atoms with Crippen molar-refractivity contribution < 1.29 is 9.05 Å². The van der Waals surface area contributed by atoms with Crippen molar-refractivity contribution in [3.05, 3.63) is 126 Å². The third-order valence-electron chi connectivity index (χ3n) is 4.57. The Labute approximate surface area is 173 Å². The van der Waals surface area contributed by atoms with E-state index >= 15 is 0 Å². The molecule has 0 spiro atoms. The first-order chi connectivity index (χ1) is 14.4. The monoisotopic (exact) mass is 398 g/mol. The Bertz CT molecular complexity index is 944. The summed E-state index contributed by atoms with van der Waals surface area (Å²) >= 11 is 0. The van der Waals surface area contributed by atoms with Crippen molar-refractivity contribution in [2.45, 2.75) is 13.2 Å². The molecule has 0 aliphatic rings. The zero-order valence-corrected chi connectivity index (χ0v) is 17.0. The molecule has 0 radical (unpaired) electrons. The van der Waals surface area contributed by atoms with Crippen LogP contribution in [0.5, 0.6) is 0 Å². The summed E-state index contributed by atoms with van der Waals surface area (Å²) in [6, 6.07) is 39.3. The van der Waals surface area contributed by atoms with Crippen LogP contribution in [0, 0.1) is 0 Å². The minimum absolute atomic E-state index is 0.530. The van der Waals surface area contributed by atoms with Gasteiger partial charge in [0.15, 0.2) is 0 Å². The van der Waals surface area contributed by atoms with Crippen molar-refractivity contribution in [3.8, 4) is 11.1 Å². The first kappa shape index (κ1) is 19.5. The van der Waals surface area contributed by atoms with E-state index in [4.69, 9.17) is 9.05 Å². The second-order valence-electron chi connectivity index (χ2n) is 6.69. The molecule has 0 amide bonds. The van der Waals surface area contributed by atoms with Crippen molar-refractivity contribution >= 4 is 13.7 Å². The molecule has 0 aromatic heterocycles. The van der Waals surface area contributed by atoms with Crippen LogP contribution in [0.4, 0.5) is 0 Å². The Morgan fingerprint density at radius 2 is 0.862 bits per heavy atom. The van der Waals surface area contributed by atoms with Gasteiger partial charge in [0.25, 0.3) is 0 Å². The van der Waals surface area contributed by atoms with Gasteiger partial charge in [0, 0.05) is 5.30 Å². The molecule has 4 aromatic rings. The van der Waals surface area contributed by atoms with Gasteiger partial charge in [0.05, 0.1) is 13.2 Å². The summed E-state index contributed by atoms with van der Waals surface area (Å²) < 4.78 is 12.4. The molecular weight excluding hydrogens is 375 g/mol. The van der Waals surface area contributed by atoms with Crippen LogP contribution in [-0.2, 0) is 22.3 Å². The van der Waals surface area contributed by atoms with Crippen LogP contribution in [0.2, 0.25) is 0 Å². The Hall–Kier alpha value is -2.77. The van der Waals surface area contributed by atoms with E-state index in [0.29, 0.717) is 13.2 Å². The molecular formula is C26H23O2P. The van der Waals surface area contributed by atoms with E-state index in [-0.39, 0.29) is 0 Å². The zero-order chi connectivity index (χ0) is 19.7. The van der Waals surface area contributed by atoms with E-state index in [1.165, 1.54) is 11.1 Å². The molecule has 0 fully saturated rings. The first-order valence-corrected chi connectivity index (χ1v) is 10.9. The van der Waals surface area contributed by atoms with Crippen molar-refractivity contribution in [1.29, 1.82) is 0 Å². The standard InChI is InChI=1S/C26H23O2P/c1-4-10-22(11-5-1)20-27-29(28-21-23-12-6-2-7-13-23)26-18-16-25(17-19-26)24-14-8-3-9-15-24/h1-19H,20-21H2. The maximum atomic E-state index is 6.22. The van der Waals surface area contributed by atoms with Gasteiger partial charge in [-0.05, 0) is 34.4 Å². The van der Waals surface area contributed by atoms with Crippen LogP contribution in [0.1, 0.15) is 11.1 Å². The van der Waals surface area contributed by atoms with Crippen LogP contribution in [0.25, 0.3) is 11.1 Å². The highest BCUT2D eigenvalue weighted by molar-refractivity contribution is 7.55. The van der Waals surface area contributed by atoms with Crippen molar-refractivity contribution in [1.82, 2.24) is 0 Å². The fourth-order valence-corrected chi connectivity index (χ4v) is 4.31. The summed E-state index contributed by atoms with van der Waals surface area (Å²) in [5.74, 6) is 0. The molecule has 2 nitrogen and oxygen atoms in total. The molecule has 0 aliphatic heterocycles. The van der Waals surface area contributed by atoms with Gasteiger partial charge in [-0.15, -0.1) is 0 Å². The summed E-state index contributed by atoms with van der Waals surface area (Å²) in [5.41, 5.74) is 4.68. The molecule has 0 unspecified atom stereocenters. The second-order valence-corrected chi connectivity index (χ2v) is 8.24. The van der Waals surface area contributed by atoms with Crippen LogP contribution >= 0.6 is 8.38 Å². The first-order valence-electron chi connectivity index (χ1n) is 9.68. The largest absolute Gasteiger partial charge is 0.326 e. The molecule has 0 atom stereocenters. The molecule has 0 saturated carbocycles. The van der Waals surface area contributed by atoms with Crippen LogP contribution in [0.3, 0.4) is 0 Å². The lowest BCUT2D eigenvalue weighted by molar-refractivity contribution is 0.243. The van der Waals surface area contributed by atoms with Crippen molar-refractivity contribution in [3.63, 3.8) is 0 Å². The lowest BCUT2D eigenvalue weighted by Gasteiger charge is -2.18. The average Bonchev–Trinajstić information content (AvgIpc) is 2.81. The summed E-state index contributed by atoms with van der Waals surface area (Å²) in [6.45, 7) is 1.06. The van der Waals surface area contributed by atoms with Gasteiger partial charge in [0.2, 0.25) is 8.38 Å². The predicted molar refractivity (Wildman–Crippen MR) is 121 cm³/mol. The minimum atomic E-state index is -1.18. The topological polar surface area (TPSA) is 18.5 Å². The zero-order valence-electron chi connectivity index (χ0n) is 16.1. The Balaban J connectivity index is 1.50. The van der Waals surface area contributed by atoms with Crippen LogP contribution in [0.15, 0.2) is 115 Å². The molecule has 144 valence electrons. The summed E-state index contributed by atoms with van der Waals surface area (Å²) in [6.07, 6.45) is 0. The van der Waals surface area contributed by atoms with Gasteiger partial charge >= 0.3 is 0 Å². The van der Waals surface area contributed by atoms with Crippen LogP contribution in [-0.4, -0.2) is 0 Å². The highest BCUT2D eigenvalue weighted by atomic mass is 31.2. The van der Waals surface area contributed by atoms with Gasteiger partial charge in [-0.2, -0.15) is 0 Å². The summed E-state index contributed by atoms with van der Waals surface area (Å²) in [4.78, 5) is 0. The van der Waals surface area contributed by atoms with E-state index in [0.717, 1.165) is 16.4 Å². The Morgan fingerprint density at radius 1 is 0.448 bits per heavy atom. The SMILES string of the molecule is c1ccc(COP(OCc2ccccc2)c2ccc(-c3ccccc3)cc2)cc1. The van der Waals surface area contributed by atoms with E-state index < -0.39 is 8.38 Å². The van der Waals surface area contributed by atoms with E-state index in [1.807, 2.05) is 42.5 Å². The van der Waals surface area contributed by atoms with Crippen LogP contribution < -0.4 is 5.30 Å². The minimum Gasteiger partial charge on any atom is -0.326 e. The van der Waals surface area contributed by atoms with E-state index in [1.54, 1.807) is 0 Å². The maximum absolute atomic E-state index is 6.22. The number of hydrogen-bond acceptors (Lipinski definition) is 2. The smallest absolute Gasteiger partial charge is 0.205 e. The average molecular weight is 398 g/mol. The lowest BCUT2D eigenvalue weighted by Crippen LogP contribution is -2.06. The van der Waals surface area contributed by atoms with E-state index in [9.17, 15) is 0 Å². The second kappa shape index (κ2) is 10.1. The molecule has 29 heavy (non-hydrogen) atoms. The highest BCUT2D eigenvalue weighted by Gasteiger charge is 2.15. The molecule has 0 aliphatic carbocycles. The van der Waals surface area contributed by atoms with E-state index in [2.05, 4.69) is 72.8 Å². The maximum Gasteiger partial charge on any atom is 0.205 e. The summed E-state index contributed by atoms with van der Waals surface area (Å²) in [7, 11) is -1.18. The molecule has 0 heterocycles. The molecule has 3 heteroatoms. The Morgan fingerprint density at radius 3 is 1.34 bits per heavy atom. The molecule has 0 saturated heterocycles. The summed E-state index contributed by atoms with van der Waals surface area (Å²) in [5, 5.41) is 1.08. The number of hydrogen-bond donors (Lipinski definition) is 0. The van der Waals surface area contributed by atoms with Crippen molar-refractivity contribution in [2.75, 3.05) is 0 Å². The number of benzene rings is 4. The van der Waals surface area contributed by atoms with Crippen molar-refractivity contribution in [2.24, 2.45) is 0 Å². The normalized spacial score (nSPS) is 10.9. The predicted octanol–water partition coefficient (Wildman–Crippen LogP) is 6.72. The third-order valence-corrected chi connectivity index (χ3v) is 6.01. The molecule has 0 N–H and O–H groups in total. The van der Waals surface area contributed by atoms with Gasteiger partial charge in [0.1, 0.15) is 0 Å². The van der Waals surface area contributed by atoms with Gasteiger partial charge in [-0.3, -0.25) is 0 Å². The van der Waals surface area contributed by atoms with Gasteiger partial charge in [-0.1, -0.05) is 103 Å². The Kier molecular flexibility index (Phi) is 6.83. The molecule has 4 aromatic carbocycles. The quantitative estimate of drug-likeness (QED) is 0.307. The number of rotatable bonds is 8. The lowest BCUT2D eigenvalue weighted by atomic mass is 10.1. The fourth-order valence-electron chi connectivity index (χ4n) is 3.01. The third kappa shape index (κ3) is 5.62. The fraction of sp³-hybridized carbons (Fsp3) is 0.0769. The molecule has 4 rings (SSSR count).